The lowest BCUT2D eigenvalue weighted by atomic mass is 10.0. The SMILES string of the molecule is COc1ccc(CN(Cc2ccc(OC)cc2)S(=O)(=O)CCN2CC(C(=O)OCc3ccccc3)C2)cc1. The molecule has 0 aromatic heterocycles. The van der Waals surface area contributed by atoms with Crippen molar-refractivity contribution in [3.8, 4) is 11.5 Å². The van der Waals surface area contributed by atoms with Gasteiger partial charge in [0.25, 0.3) is 0 Å². The van der Waals surface area contributed by atoms with Crippen LogP contribution in [0.15, 0.2) is 78.9 Å². The van der Waals surface area contributed by atoms with Gasteiger partial charge < -0.3 is 19.1 Å². The number of hydrogen-bond acceptors (Lipinski definition) is 7. The van der Waals surface area contributed by atoms with Crippen LogP contribution in [0.5, 0.6) is 11.5 Å². The van der Waals surface area contributed by atoms with Crippen molar-refractivity contribution in [2.24, 2.45) is 5.92 Å². The maximum absolute atomic E-state index is 13.5. The van der Waals surface area contributed by atoms with Crippen molar-refractivity contribution in [1.82, 2.24) is 9.21 Å². The van der Waals surface area contributed by atoms with Gasteiger partial charge in [-0.15, -0.1) is 0 Å². The molecule has 0 unspecified atom stereocenters. The molecule has 0 amide bonds. The summed E-state index contributed by atoms with van der Waals surface area (Å²) in [4.78, 5) is 14.3. The Morgan fingerprint density at radius 2 is 1.34 bits per heavy atom. The topological polar surface area (TPSA) is 85.4 Å². The second-order valence-electron chi connectivity index (χ2n) is 9.33. The quantitative estimate of drug-likeness (QED) is 0.307. The van der Waals surface area contributed by atoms with Crippen LogP contribution >= 0.6 is 0 Å². The van der Waals surface area contributed by atoms with E-state index in [2.05, 4.69) is 0 Å². The van der Waals surface area contributed by atoms with Gasteiger partial charge in [0.2, 0.25) is 10.0 Å². The molecule has 1 saturated heterocycles. The zero-order valence-electron chi connectivity index (χ0n) is 21.8. The number of ether oxygens (including phenoxy) is 3. The first kappa shape index (κ1) is 27.6. The van der Waals surface area contributed by atoms with Gasteiger partial charge in [0.15, 0.2) is 0 Å². The van der Waals surface area contributed by atoms with Crippen molar-refractivity contribution < 1.29 is 27.4 Å². The summed E-state index contributed by atoms with van der Waals surface area (Å²) in [5.41, 5.74) is 2.68. The number of likely N-dealkylation sites (tertiary alicyclic amines) is 1. The van der Waals surface area contributed by atoms with Crippen LogP contribution in [-0.4, -0.2) is 63.2 Å². The highest BCUT2D eigenvalue weighted by atomic mass is 32.2. The van der Waals surface area contributed by atoms with E-state index < -0.39 is 10.0 Å². The summed E-state index contributed by atoms with van der Waals surface area (Å²) in [5.74, 6) is 0.927. The van der Waals surface area contributed by atoms with Crippen LogP contribution < -0.4 is 9.47 Å². The Labute approximate surface area is 224 Å². The van der Waals surface area contributed by atoms with Gasteiger partial charge >= 0.3 is 5.97 Å². The van der Waals surface area contributed by atoms with Crippen LogP contribution in [0.2, 0.25) is 0 Å². The Balaban J connectivity index is 1.33. The maximum atomic E-state index is 13.5. The predicted octanol–water partition coefficient (Wildman–Crippen LogP) is 3.71. The number of esters is 1. The van der Waals surface area contributed by atoms with E-state index in [9.17, 15) is 13.2 Å². The van der Waals surface area contributed by atoms with Crippen molar-refractivity contribution in [2.45, 2.75) is 19.7 Å². The van der Waals surface area contributed by atoms with E-state index in [1.54, 1.807) is 14.2 Å². The van der Waals surface area contributed by atoms with E-state index in [0.29, 0.717) is 31.1 Å². The Morgan fingerprint density at radius 3 is 1.84 bits per heavy atom. The third-order valence-corrected chi connectivity index (χ3v) is 8.35. The average Bonchev–Trinajstić information content (AvgIpc) is 2.92. The number of benzene rings is 3. The molecule has 1 aliphatic heterocycles. The molecular weight excluding hydrogens is 504 g/mol. The van der Waals surface area contributed by atoms with Crippen LogP contribution in [0.3, 0.4) is 0 Å². The summed E-state index contributed by atoms with van der Waals surface area (Å²) in [6, 6.07) is 24.3. The minimum atomic E-state index is -3.59. The molecule has 0 bridgehead atoms. The van der Waals surface area contributed by atoms with E-state index in [1.807, 2.05) is 83.8 Å². The van der Waals surface area contributed by atoms with Crippen LogP contribution in [0.25, 0.3) is 0 Å². The Kier molecular flexibility index (Phi) is 9.38. The average molecular weight is 539 g/mol. The Hall–Kier alpha value is -3.40. The highest BCUT2D eigenvalue weighted by molar-refractivity contribution is 7.89. The molecule has 1 fully saturated rings. The highest BCUT2D eigenvalue weighted by Gasteiger charge is 2.35. The summed E-state index contributed by atoms with van der Waals surface area (Å²) in [7, 11) is -0.400. The minimum Gasteiger partial charge on any atom is -0.497 e. The van der Waals surface area contributed by atoms with E-state index >= 15 is 0 Å². The Bertz CT molecular complexity index is 1230. The molecule has 0 radical (unpaired) electrons. The van der Waals surface area contributed by atoms with Gasteiger partial charge in [-0.3, -0.25) is 4.79 Å². The molecule has 8 nitrogen and oxygen atoms in total. The monoisotopic (exact) mass is 538 g/mol. The second-order valence-corrected chi connectivity index (χ2v) is 11.4. The molecule has 0 aliphatic carbocycles. The molecule has 202 valence electrons. The second kappa shape index (κ2) is 12.9. The van der Waals surface area contributed by atoms with Crippen molar-refractivity contribution in [3.05, 3.63) is 95.6 Å². The zero-order chi connectivity index (χ0) is 27.0. The van der Waals surface area contributed by atoms with Gasteiger partial charge in [0.05, 0.1) is 25.9 Å². The number of sulfonamides is 1. The molecule has 0 spiro atoms. The smallest absolute Gasteiger partial charge is 0.311 e. The molecule has 3 aromatic carbocycles. The van der Waals surface area contributed by atoms with Crippen LogP contribution in [0, 0.1) is 5.92 Å². The molecule has 9 heteroatoms. The molecule has 3 aromatic rings. The van der Waals surface area contributed by atoms with E-state index in [0.717, 1.165) is 16.7 Å². The Morgan fingerprint density at radius 1 is 0.816 bits per heavy atom. The summed E-state index contributed by atoms with van der Waals surface area (Å²) in [6.07, 6.45) is 0. The van der Waals surface area contributed by atoms with E-state index in [-0.39, 0.29) is 37.3 Å². The standard InChI is InChI=1S/C29H34N2O6S/c1-35-27-12-8-23(9-13-27)18-31(19-24-10-14-28(36-2)15-11-24)38(33,34)17-16-30-20-26(21-30)29(32)37-22-25-6-4-3-5-7-25/h3-15,26H,16-22H2,1-2H3. The van der Waals surface area contributed by atoms with Crippen molar-refractivity contribution in [1.29, 1.82) is 0 Å². The summed E-state index contributed by atoms with van der Waals surface area (Å²) in [5, 5.41) is 0. The molecule has 1 heterocycles. The lowest BCUT2D eigenvalue weighted by molar-refractivity contribution is -0.155. The number of methoxy groups -OCH3 is 2. The normalized spacial score (nSPS) is 14.2. The predicted molar refractivity (Wildman–Crippen MR) is 145 cm³/mol. The molecule has 0 saturated carbocycles. The molecule has 0 N–H and O–H groups in total. The van der Waals surface area contributed by atoms with Crippen molar-refractivity contribution in [2.75, 3.05) is 39.6 Å². The van der Waals surface area contributed by atoms with Crippen LogP contribution in [-0.2, 0) is 39.3 Å². The van der Waals surface area contributed by atoms with Crippen LogP contribution in [0.1, 0.15) is 16.7 Å². The summed E-state index contributed by atoms with van der Waals surface area (Å²) < 4.78 is 44.3. The first-order valence-electron chi connectivity index (χ1n) is 12.5. The number of nitrogens with zero attached hydrogens (tertiary/aromatic N) is 2. The first-order chi connectivity index (χ1) is 18.4. The molecular formula is C29H34N2O6S. The van der Waals surface area contributed by atoms with Gasteiger partial charge in [-0.2, -0.15) is 4.31 Å². The van der Waals surface area contributed by atoms with Gasteiger partial charge in [-0.1, -0.05) is 54.6 Å². The maximum Gasteiger partial charge on any atom is 0.311 e. The molecule has 1 aliphatic rings. The third-order valence-electron chi connectivity index (χ3n) is 6.61. The fourth-order valence-electron chi connectivity index (χ4n) is 4.24. The molecule has 0 atom stereocenters. The van der Waals surface area contributed by atoms with Gasteiger partial charge in [0.1, 0.15) is 18.1 Å². The lowest BCUT2D eigenvalue weighted by Crippen LogP contribution is -2.52. The van der Waals surface area contributed by atoms with Crippen molar-refractivity contribution in [3.63, 3.8) is 0 Å². The third kappa shape index (κ3) is 7.56. The van der Waals surface area contributed by atoms with Gasteiger partial charge in [0, 0.05) is 32.7 Å². The first-order valence-corrected chi connectivity index (χ1v) is 14.1. The number of carbonyl (C=O) groups is 1. The van der Waals surface area contributed by atoms with Crippen molar-refractivity contribution >= 4 is 16.0 Å². The number of hydrogen-bond donors (Lipinski definition) is 0. The number of rotatable bonds is 13. The van der Waals surface area contributed by atoms with Gasteiger partial charge in [-0.05, 0) is 41.0 Å². The summed E-state index contributed by atoms with van der Waals surface area (Å²) >= 11 is 0. The fraction of sp³-hybridized carbons (Fsp3) is 0.345. The highest BCUT2D eigenvalue weighted by Crippen LogP contribution is 2.21. The molecule has 38 heavy (non-hydrogen) atoms. The molecule has 4 rings (SSSR count). The minimum absolute atomic E-state index is 0.0366. The largest absolute Gasteiger partial charge is 0.497 e. The van der Waals surface area contributed by atoms with Crippen LogP contribution in [0.4, 0.5) is 0 Å². The fourth-order valence-corrected chi connectivity index (χ4v) is 5.68. The lowest BCUT2D eigenvalue weighted by Gasteiger charge is -2.37. The number of carbonyl (C=O) groups excluding carboxylic acids is 1. The van der Waals surface area contributed by atoms with E-state index in [4.69, 9.17) is 14.2 Å². The van der Waals surface area contributed by atoms with E-state index in [1.165, 1.54) is 4.31 Å². The van der Waals surface area contributed by atoms with Gasteiger partial charge in [-0.25, -0.2) is 8.42 Å². The summed E-state index contributed by atoms with van der Waals surface area (Å²) in [6.45, 7) is 2.09. The zero-order valence-corrected chi connectivity index (χ0v) is 22.6.